The second-order valence-corrected chi connectivity index (χ2v) is 5.95. The molecule has 1 saturated heterocycles. The summed E-state index contributed by atoms with van der Waals surface area (Å²) in [5.41, 5.74) is 1.48. The number of carbonyl (C=O) groups is 1. The maximum absolute atomic E-state index is 12.2. The van der Waals surface area contributed by atoms with E-state index >= 15 is 0 Å². The highest BCUT2D eigenvalue weighted by atomic mass is 79.9. The van der Waals surface area contributed by atoms with Gasteiger partial charge in [-0.3, -0.25) is 4.79 Å². The molecule has 1 N–H and O–H groups in total. The lowest BCUT2D eigenvalue weighted by atomic mass is 9.94. The zero-order chi connectivity index (χ0) is 13.3. The van der Waals surface area contributed by atoms with E-state index in [1.807, 2.05) is 39.0 Å². The summed E-state index contributed by atoms with van der Waals surface area (Å²) in [5.74, 6) is -0.0366. The smallest absolute Gasteiger partial charge is 0.251 e. The second kappa shape index (κ2) is 5.02. The molecule has 0 radical (unpaired) electrons. The van der Waals surface area contributed by atoms with Crippen molar-refractivity contribution in [1.82, 2.24) is 5.32 Å². The van der Waals surface area contributed by atoms with Crippen molar-refractivity contribution in [2.45, 2.75) is 38.8 Å². The topological polar surface area (TPSA) is 38.3 Å². The molecule has 0 aliphatic carbocycles. The molecule has 0 saturated carbocycles. The van der Waals surface area contributed by atoms with Crippen molar-refractivity contribution in [2.75, 3.05) is 6.61 Å². The number of hydrogen-bond acceptors (Lipinski definition) is 2. The SMILES string of the molecule is Cc1cc(C(=O)NC2(C)CCOC2C)ccc1Br. The van der Waals surface area contributed by atoms with Crippen molar-refractivity contribution in [2.24, 2.45) is 0 Å². The molecule has 1 fully saturated rings. The number of benzene rings is 1. The minimum atomic E-state index is -0.266. The Balaban J connectivity index is 2.14. The predicted octanol–water partition coefficient (Wildman–Crippen LogP) is 3.05. The average molecular weight is 312 g/mol. The lowest BCUT2D eigenvalue weighted by molar-refractivity contribution is 0.0727. The predicted molar refractivity (Wildman–Crippen MR) is 74.8 cm³/mol. The summed E-state index contributed by atoms with van der Waals surface area (Å²) in [6.07, 6.45) is 0.910. The van der Waals surface area contributed by atoms with Gasteiger partial charge in [0.2, 0.25) is 0 Å². The Hall–Kier alpha value is -0.870. The molecule has 0 spiro atoms. The lowest BCUT2D eigenvalue weighted by Gasteiger charge is -2.29. The van der Waals surface area contributed by atoms with Crippen molar-refractivity contribution < 1.29 is 9.53 Å². The maximum atomic E-state index is 12.2. The van der Waals surface area contributed by atoms with E-state index in [9.17, 15) is 4.79 Å². The molecule has 98 valence electrons. The van der Waals surface area contributed by atoms with Crippen LogP contribution in [0, 0.1) is 6.92 Å². The number of aryl methyl sites for hydroxylation is 1. The van der Waals surface area contributed by atoms with Crippen molar-refractivity contribution in [1.29, 1.82) is 0 Å². The van der Waals surface area contributed by atoms with Crippen LogP contribution in [-0.2, 0) is 4.74 Å². The monoisotopic (exact) mass is 311 g/mol. The summed E-state index contributed by atoms with van der Waals surface area (Å²) in [7, 11) is 0. The Morgan fingerprint density at radius 2 is 2.28 bits per heavy atom. The summed E-state index contributed by atoms with van der Waals surface area (Å²) >= 11 is 3.44. The van der Waals surface area contributed by atoms with Gasteiger partial charge < -0.3 is 10.1 Å². The number of carbonyl (C=O) groups excluding carboxylic acids is 1. The normalized spacial score (nSPS) is 27.2. The third-order valence-corrected chi connectivity index (χ3v) is 4.60. The average Bonchev–Trinajstić information content (AvgIpc) is 2.63. The van der Waals surface area contributed by atoms with Crippen molar-refractivity contribution >= 4 is 21.8 Å². The molecular formula is C14H18BrNO2. The first kappa shape index (κ1) is 13.6. The first-order valence-corrected chi connectivity index (χ1v) is 6.92. The van der Waals surface area contributed by atoms with E-state index in [1.165, 1.54) is 0 Å². The maximum Gasteiger partial charge on any atom is 0.251 e. The van der Waals surface area contributed by atoms with E-state index in [0.29, 0.717) is 12.2 Å². The van der Waals surface area contributed by atoms with E-state index in [1.54, 1.807) is 0 Å². The molecule has 3 nitrogen and oxygen atoms in total. The van der Waals surface area contributed by atoms with Gasteiger partial charge in [-0.1, -0.05) is 15.9 Å². The number of hydrogen-bond donors (Lipinski definition) is 1. The fraction of sp³-hybridized carbons (Fsp3) is 0.500. The Kier molecular flexibility index (Phi) is 3.78. The molecule has 1 aromatic carbocycles. The summed E-state index contributed by atoms with van der Waals surface area (Å²) in [5, 5.41) is 3.09. The zero-order valence-corrected chi connectivity index (χ0v) is 12.5. The number of halogens is 1. The zero-order valence-electron chi connectivity index (χ0n) is 10.9. The molecule has 1 heterocycles. The van der Waals surface area contributed by atoms with Crippen molar-refractivity contribution in [3.63, 3.8) is 0 Å². The Bertz CT molecular complexity index is 475. The van der Waals surface area contributed by atoms with Crippen LogP contribution in [0.15, 0.2) is 22.7 Å². The largest absolute Gasteiger partial charge is 0.376 e. The molecule has 1 aliphatic rings. The standard InChI is InChI=1S/C14H18BrNO2/c1-9-8-11(4-5-12(9)15)13(17)16-14(3)6-7-18-10(14)2/h4-5,8,10H,6-7H2,1-3H3,(H,16,17). The molecule has 2 atom stereocenters. The van der Waals surface area contributed by atoms with Crippen LogP contribution >= 0.6 is 15.9 Å². The number of amides is 1. The quantitative estimate of drug-likeness (QED) is 0.911. The number of nitrogens with one attached hydrogen (secondary N) is 1. The van der Waals surface area contributed by atoms with Crippen LogP contribution in [0.2, 0.25) is 0 Å². The van der Waals surface area contributed by atoms with Gasteiger partial charge in [-0.25, -0.2) is 0 Å². The summed E-state index contributed by atoms with van der Waals surface area (Å²) < 4.78 is 6.54. The van der Waals surface area contributed by atoms with Crippen molar-refractivity contribution in [3.05, 3.63) is 33.8 Å². The van der Waals surface area contributed by atoms with Gasteiger partial charge in [0, 0.05) is 16.6 Å². The minimum Gasteiger partial charge on any atom is -0.376 e. The fourth-order valence-electron chi connectivity index (χ4n) is 2.12. The first-order valence-electron chi connectivity index (χ1n) is 6.13. The van der Waals surface area contributed by atoms with Gasteiger partial charge in [-0.2, -0.15) is 0 Å². The summed E-state index contributed by atoms with van der Waals surface area (Å²) in [4.78, 5) is 12.2. The molecule has 1 aliphatic heterocycles. The highest BCUT2D eigenvalue weighted by molar-refractivity contribution is 9.10. The van der Waals surface area contributed by atoms with E-state index in [-0.39, 0.29) is 17.6 Å². The molecule has 18 heavy (non-hydrogen) atoms. The Labute approximate surface area is 116 Å². The molecule has 0 bridgehead atoms. The minimum absolute atomic E-state index is 0.0366. The van der Waals surface area contributed by atoms with Gasteiger partial charge >= 0.3 is 0 Å². The molecule has 1 aromatic rings. The Morgan fingerprint density at radius 3 is 2.83 bits per heavy atom. The van der Waals surface area contributed by atoms with E-state index in [4.69, 9.17) is 4.74 Å². The molecule has 1 amide bonds. The van der Waals surface area contributed by atoms with E-state index in [2.05, 4.69) is 21.2 Å². The van der Waals surface area contributed by atoms with Crippen LogP contribution in [0.4, 0.5) is 0 Å². The highest BCUT2D eigenvalue weighted by Gasteiger charge is 2.38. The third kappa shape index (κ3) is 2.59. The molecular weight excluding hydrogens is 294 g/mol. The van der Waals surface area contributed by atoms with Crippen LogP contribution in [0.3, 0.4) is 0 Å². The molecule has 2 rings (SSSR count). The first-order chi connectivity index (χ1) is 8.42. The van der Waals surface area contributed by atoms with Crippen LogP contribution in [0.5, 0.6) is 0 Å². The molecule has 4 heteroatoms. The van der Waals surface area contributed by atoms with Crippen LogP contribution in [-0.4, -0.2) is 24.2 Å². The van der Waals surface area contributed by atoms with Gasteiger partial charge in [0.1, 0.15) is 0 Å². The molecule has 0 aromatic heterocycles. The lowest BCUT2D eigenvalue weighted by Crippen LogP contribution is -2.50. The fourth-order valence-corrected chi connectivity index (χ4v) is 2.36. The van der Waals surface area contributed by atoms with Crippen molar-refractivity contribution in [3.8, 4) is 0 Å². The van der Waals surface area contributed by atoms with Crippen LogP contribution < -0.4 is 5.32 Å². The van der Waals surface area contributed by atoms with Crippen LogP contribution in [0.1, 0.15) is 36.2 Å². The van der Waals surface area contributed by atoms with Gasteiger partial charge in [0.05, 0.1) is 11.6 Å². The molecule has 2 unspecified atom stereocenters. The van der Waals surface area contributed by atoms with Gasteiger partial charge in [-0.05, 0) is 51.0 Å². The van der Waals surface area contributed by atoms with Gasteiger partial charge in [0.25, 0.3) is 5.91 Å². The van der Waals surface area contributed by atoms with E-state index < -0.39 is 0 Å². The van der Waals surface area contributed by atoms with E-state index in [0.717, 1.165) is 16.5 Å². The third-order valence-electron chi connectivity index (χ3n) is 3.71. The summed E-state index contributed by atoms with van der Waals surface area (Å²) in [6, 6.07) is 5.63. The van der Waals surface area contributed by atoms with Gasteiger partial charge in [-0.15, -0.1) is 0 Å². The highest BCUT2D eigenvalue weighted by Crippen LogP contribution is 2.26. The summed E-state index contributed by atoms with van der Waals surface area (Å²) in [6.45, 7) is 6.72. The van der Waals surface area contributed by atoms with Crippen LogP contribution in [0.25, 0.3) is 0 Å². The number of ether oxygens (including phenoxy) is 1. The number of rotatable bonds is 2. The second-order valence-electron chi connectivity index (χ2n) is 5.10. The van der Waals surface area contributed by atoms with Gasteiger partial charge in [0.15, 0.2) is 0 Å². The Morgan fingerprint density at radius 1 is 1.56 bits per heavy atom.